The third-order valence-electron chi connectivity index (χ3n) is 3.35. The SMILES string of the molecule is CNC(CN(C)C(C)C)c1ccc(OC(C)C)cc1. The molecule has 0 radical (unpaired) electrons. The average Bonchev–Trinajstić information content (AvgIpc) is 2.36. The molecular weight excluding hydrogens is 236 g/mol. The summed E-state index contributed by atoms with van der Waals surface area (Å²) in [7, 11) is 4.17. The minimum absolute atomic E-state index is 0.220. The fourth-order valence-corrected chi connectivity index (χ4v) is 1.91. The van der Waals surface area contributed by atoms with Crippen LogP contribution in [0.5, 0.6) is 5.75 Å². The number of likely N-dealkylation sites (N-methyl/N-ethyl adjacent to an activating group) is 2. The van der Waals surface area contributed by atoms with E-state index in [1.54, 1.807) is 0 Å². The van der Waals surface area contributed by atoms with Gasteiger partial charge in [-0.1, -0.05) is 12.1 Å². The van der Waals surface area contributed by atoms with Crippen LogP contribution in [0.3, 0.4) is 0 Å². The standard InChI is InChI=1S/C16H28N2O/c1-12(2)18(6)11-16(17-5)14-7-9-15(10-8-14)19-13(3)4/h7-10,12-13,16-17H,11H2,1-6H3. The van der Waals surface area contributed by atoms with Gasteiger partial charge in [0.25, 0.3) is 0 Å². The number of hydrogen-bond acceptors (Lipinski definition) is 3. The molecule has 3 nitrogen and oxygen atoms in total. The van der Waals surface area contributed by atoms with E-state index in [1.165, 1.54) is 5.56 Å². The van der Waals surface area contributed by atoms with Crippen LogP contribution in [0.25, 0.3) is 0 Å². The molecule has 1 aromatic rings. The van der Waals surface area contributed by atoms with E-state index in [2.05, 4.69) is 55.4 Å². The van der Waals surface area contributed by atoms with Crippen LogP contribution in [0.2, 0.25) is 0 Å². The van der Waals surface area contributed by atoms with Gasteiger partial charge in [0.05, 0.1) is 6.10 Å². The Morgan fingerprint density at radius 1 is 1.11 bits per heavy atom. The van der Waals surface area contributed by atoms with E-state index in [4.69, 9.17) is 4.74 Å². The van der Waals surface area contributed by atoms with Crippen LogP contribution < -0.4 is 10.1 Å². The van der Waals surface area contributed by atoms with E-state index in [0.29, 0.717) is 12.1 Å². The zero-order valence-corrected chi connectivity index (χ0v) is 13.1. The highest BCUT2D eigenvalue weighted by Crippen LogP contribution is 2.19. The first-order chi connectivity index (χ1) is 8.93. The molecule has 0 saturated heterocycles. The molecule has 108 valence electrons. The van der Waals surface area contributed by atoms with Gasteiger partial charge in [-0.25, -0.2) is 0 Å². The van der Waals surface area contributed by atoms with Gasteiger partial charge < -0.3 is 15.0 Å². The molecule has 19 heavy (non-hydrogen) atoms. The maximum atomic E-state index is 5.67. The van der Waals surface area contributed by atoms with E-state index < -0.39 is 0 Å². The van der Waals surface area contributed by atoms with Gasteiger partial charge in [0.2, 0.25) is 0 Å². The van der Waals surface area contributed by atoms with Gasteiger partial charge in [0.1, 0.15) is 5.75 Å². The first-order valence-corrected chi connectivity index (χ1v) is 7.08. The normalized spacial score (nSPS) is 13.3. The molecule has 0 bridgehead atoms. The number of ether oxygens (including phenoxy) is 1. The second-order valence-corrected chi connectivity index (χ2v) is 5.61. The van der Waals surface area contributed by atoms with Crippen molar-refractivity contribution in [1.29, 1.82) is 0 Å². The molecule has 0 heterocycles. The fourth-order valence-electron chi connectivity index (χ4n) is 1.91. The quantitative estimate of drug-likeness (QED) is 0.819. The van der Waals surface area contributed by atoms with Gasteiger partial charge in [0, 0.05) is 18.6 Å². The lowest BCUT2D eigenvalue weighted by molar-refractivity contribution is 0.241. The molecule has 0 aliphatic carbocycles. The fraction of sp³-hybridized carbons (Fsp3) is 0.625. The molecule has 0 spiro atoms. The summed E-state index contributed by atoms with van der Waals surface area (Å²) in [5, 5.41) is 3.38. The van der Waals surface area contributed by atoms with Crippen molar-refractivity contribution >= 4 is 0 Å². The Balaban J connectivity index is 2.71. The summed E-state index contributed by atoms with van der Waals surface area (Å²) in [4.78, 5) is 2.35. The van der Waals surface area contributed by atoms with Crippen molar-refractivity contribution in [3.8, 4) is 5.75 Å². The van der Waals surface area contributed by atoms with Gasteiger partial charge in [-0.05, 0) is 59.5 Å². The molecule has 0 aliphatic heterocycles. The summed E-state index contributed by atoms with van der Waals surface area (Å²) in [6, 6.07) is 9.30. The maximum Gasteiger partial charge on any atom is 0.119 e. The second kappa shape index (κ2) is 7.51. The van der Waals surface area contributed by atoms with Crippen LogP contribution in [-0.2, 0) is 0 Å². The van der Waals surface area contributed by atoms with Crippen LogP contribution in [0.1, 0.15) is 39.3 Å². The maximum absolute atomic E-state index is 5.67. The Morgan fingerprint density at radius 3 is 2.11 bits per heavy atom. The van der Waals surface area contributed by atoms with Crippen LogP contribution >= 0.6 is 0 Å². The van der Waals surface area contributed by atoms with Crippen molar-refractivity contribution < 1.29 is 4.74 Å². The highest BCUT2D eigenvalue weighted by Gasteiger charge is 2.13. The van der Waals surface area contributed by atoms with Crippen molar-refractivity contribution in [1.82, 2.24) is 10.2 Å². The summed E-state index contributed by atoms with van der Waals surface area (Å²) in [5.74, 6) is 0.936. The molecule has 0 fully saturated rings. The van der Waals surface area contributed by atoms with E-state index in [0.717, 1.165) is 12.3 Å². The monoisotopic (exact) mass is 264 g/mol. The van der Waals surface area contributed by atoms with Crippen molar-refractivity contribution in [3.63, 3.8) is 0 Å². The van der Waals surface area contributed by atoms with E-state index in [9.17, 15) is 0 Å². The Kier molecular flexibility index (Phi) is 6.32. The van der Waals surface area contributed by atoms with Crippen LogP contribution in [0, 0.1) is 0 Å². The number of hydrogen-bond donors (Lipinski definition) is 1. The molecule has 1 atom stereocenters. The lowest BCUT2D eigenvalue weighted by Crippen LogP contribution is -2.35. The molecule has 1 rings (SSSR count). The number of rotatable bonds is 7. The molecule has 3 heteroatoms. The van der Waals surface area contributed by atoms with Crippen molar-refractivity contribution in [2.45, 2.75) is 45.9 Å². The first kappa shape index (κ1) is 16.0. The first-order valence-electron chi connectivity index (χ1n) is 7.08. The summed E-state index contributed by atoms with van der Waals surface area (Å²) < 4.78 is 5.67. The van der Waals surface area contributed by atoms with E-state index >= 15 is 0 Å². The smallest absolute Gasteiger partial charge is 0.119 e. The van der Waals surface area contributed by atoms with Gasteiger partial charge in [-0.3, -0.25) is 0 Å². The third-order valence-corrected chi connectivity index (χ3v) is 3.35. The predicted molar refractivity (Wildman–Crippen MR) is 81.8 cm³/mol. The van der Waals surface area contributed by atoms with Crippen molar-refractivity contribution in [3.05, 3.63) is 29.8 Å². The number of nitrogens with zero attached hydrogens (tertiary/aromatic N) is 1. The van der Waals surface area contributed by atoms with Gasteiger partial charge >= 0.3 is 0 Å². The molecular formula is C16H28N2O. The van der Waals surface area contributed by atoms with Gasteiger partial charge in [-0.15, -0.1) is 0 Å². The summed E-state index contributed by atoms with van der Waals surface area (Å²) in [5.41, 5.74) is 1.30. The molecule has 0 aromatic heterocycles. The van der Waals surface area contributed by atoms with E-state index in [-0.39, 0.29) is 6.10 Å². The minimum atomic E-state index is 0.220. The lowest BCUT2D eigenvalue weighted by atomic mass is 10.1. The van der Waals surface area contributed by atoms with Crippen LogP contribution in [0.4, 0.5) is 0 Å². The zero-order chi connectivity index (χ0) is 14.4. The number of benzene rings is 1. The minimum Gasteiger partial charge on any atom is -0.491 e. The molecule has 1 unspecified atom stereocenters. The molecule has 0 amide bonds. The Bertz CT molecular complexity index is 360. The zero-order valence-electron chi connectivity index (χ0n) is 13.1. The van der Waals surface area contributed by atoms with E-state index in [1.807, 2.05) is 20.9 Å². The highest BCUT2D eigenvalue weighted by atomic mass is 16.5. The predicted octanol–water partition coefficient (Wildman–Crippen LogP) is 3.07. The summed E-state index contributed by atoms with van der Waals surface area (Å²) in [6.07, 6.45) is 0.220. The molecule has 1 N–H and O–H groups in total. The summed E-state index contributed by atoms with van der Waals surface area (Å²) in [6.45, 7) is 9.51. The Labute approximate surface area is 118 Å². The summed E-state index contributed by atoms with van der Waals surface area (Å²) >= 11 is 0. The molecule has 0 saturated carbocycles. The van der Waals surface area contributed by atoms with Gasteiger partial charge in [0.15, 0.2) is 0 Å². The second-order valence-electron chi connectivity index (χ2n) is 5.61. The lowest BCUT2D eigenvalue weighted by Gasteiger charge is -2.27. The van der Waals surface area contributed by atoms with Crippen LogP contribution in [-0.4, -0.2) is 37.7 Å². The molecule has 0 aliphatic rings. The Hall–Kier alpha value is -1.06. The molecule has 1 aromatic carbocycles. The average molecular weight is 264 g/mol. The third kappa shape index (κ3) is 5.21. The van der Waals surface area contributed by atoms with Crippen molar-refractivity contribution in [2.75, 3.05) is 20.6 Å². The topological polar surface area (TPSA) is 24.5 Å². The van der Waals surface area contributed by atoms with Crippen LogP contribution in [0.15, 0.2) is 24.3 Å². The van der Waals surface area contributed by atoms with Gasteiger partial charge in [-0.2, -0.15) is 0 Å². The number of nitrogens with one attached hydrogen (secondary N) is 1. The Morgan fingerprint density at radius 2 is 1.68 bits per heavy atom. The largest absolute Gasteiger partial charge is 0.491 e. The van der Waals surface area contributed by atoms with Crippen molar-refractivity contribution in [2.24, 2.45) is 0 Å². The highest BCUT2D eigenvalue weighted by molar-refractivity contribution is 5.29.